The number of hydrogen-bond donors (Lipinski definition) is 1. The second-order valence-corrected chi connectivity index (χ2v) is 1.73. The number of hydrogen-bond acceptors (Lipinski definition) is 3. The van der Waals surface area contributed by atoms with Crippen molar-refractivity contribution >= 4 is 23.0 Å². The molecule has 0 saturated carbocycles. The smallest absolute Gasteiger partial charge is 0.403 e. The van der Waals surface area contributed by atoms with E-state index in [9.17, 15) is 9.59 Å². The zero-order chi connectivity index (χ0) is 9.28. The fourth-order valence-corrected chi connectivity index (χ4v) is 0.223. The van der Waals surface area contributed by atoms with Gasteiger partial charge < -0.3 is 9.84 Å². The third-order valence-electron chi connectivity index (χ3n) is 0.560. The summed E-state index contributed by atoms with van der Waals surface area (Å²) >= 11 is 4.72. The first-order valence-corrected chi connectivity index (χ1v) is 3.46. The minimum Gasteiger partial charge on any atom is -0.481 e. The van der Waals surface area contributed by atoms with Crippen LogP contribution in [-0.4, -0.2) is 23.1 Å². The Labute approximate surface area is 70.1 Å². The molecule has 66 valence electrons. The average molecular weight is 183 g/mol. The molecular formula is C6H11ClO4. The SMILES string of the molecule is CCC(=O)O.CCOC(=O)Cl. The lowest BCUT2D eigenvalue weighted by molar-refractivity contribution is -0.136. The number of carboxylic acids is 1. The Morgan fingerprint density at radius 1 is 1.45 bits per heavy atom. The Morgan fingerprint density at radius 3 is 1.82 bits per heavy atom. The van der Waals surface area contributed by atoms with E-state index in [1.165, 1.54) is 0 Å². The monoisotopic (exact) mass is 182 g/mol. The molecule has 0 atom stereocenters. The third kappa shape index (κ3) is 27.0. The van der Waals surface area contributed by atoms with Crippen LogP contribution in [0.15, 0.2) is 0 Å². The van der Waals surface area contributed by atoms with Crippen LogP contribution in [-0.2, 0) is 9.53 Å². The summed E-state index contributed by atoms with van der Waals surface area (Å²) in [6, 6.07) is 0. The molecule has 5 heteroatoms. The fraction of sp³-hybridized carbons (Fsp3) is 0.667. The van der Waals surface area contributed by atoms with E-state index in [1.807, 2.05) is 0 Å². The van der Waals surface area contributed by atoms with Crippen molar-refractivity contribution in [2.45, 2.75) is 20.3 Å². The summed E-state index contributed by atoms with van der Waals surface area (Å²) in [4.78, 5) is 19.0. The van der Waals surface area contributed by atoms with Gasteiger partial charge in [0.15, 0.2) is 0 Å². The highest BCUT2D eigenvalue weighted by Crippen LogP contribution is 1.82. The maximum atomic E-state index is 9.59. The molecule has 0 fully saturated rings. The van der Waals surface area contributed by atoms with E-state index >= 15 is 0 Å². The summed E-state index contributed by atoms with van der Waals surface area (Å²) in [6.45, 7) is 3.64. The maximum Gasteiger partial charge on any atom is 0.403 e. The molecule has 0 heterocycles. The molecule has 0 saturated heterocycles. The summed E-state index contributed by atoms with van der Waals surface area (Å²) in [5.41, 5.74) is -0.738. The van der Waals surface area contributed by atoms with Gasteiger partial charge in [0.05, 0.1) is 6.61 Å². The Kier molecular flexibility index (Phi) is 10.8. The van der Waals surface area contributed by atoms with Crippen LogP contribution in [0, 0.1) is 0 Å². The van der Waals surface area contributed by atoms with E-state index < -0.39 is 11.4 Å². The Morgan fingerprint density at radius 2 is 1.82 bits per heavy atom. The summed E-state index contributed by atoms with van der Waals surface area (Å²) in [7, 11) is 0. The van der Waals surface area contributed by atoms with Gasteiger partial charge in [0.25, 0.3) is 0 Å². The van der Waals surface area contributed by atoms with Crippen molar-refractivity contribution in [2.24, 2.45) is 0 Å². The molecule has 0 aromatic carbocycles. The first-order chi connectivity index (χ1) is 5.04. The van der Waals surface area contributed by atoms with Crippen molar-refractivity contribution in [3.63, 3.8) is 0 Å². The standard InChI is InChI=1S/C3H5ClO2.C3H6O2/c1-2-6-3(4)5;1-2-3(4)5/h2H2,1H3;2H2,1H3,(H,4,5). The van der Waals surface area contributed by atoms with Gasteiger partial charge in [0.2, 0.25) is 0 Å². The van der Waals surface area contributed by atoms with E-state index in [2.05, 4.69) is 4.74 Å². The van der Waals surface area contributed by atoms with Crippen LogP contribution >= 0.6 is 11.6 Å². The van der Waals surface area contributed by atoms with Crippen molar-refractivity contribution < 1.29 is 19.4 Å². The quantitative estimate of drug-likeness (QED) is 0.663. The molecule has 1 N–H and O–H groups in total. The molecule has 0 amide bonds. The maximum absolute atomic E-state index is 9.59. The first-order valence-electron chi connectivity index (χ1n) is 3.08. The number of carbonyl (C=O) groups excluding carboxylic acids is 1. The zero-order valence-electron chi connectivity index (χ0n) is 6.46. The molecule has 0 aliphatic heterocycles. The van der Waals surface area contributed by atoms with E-state index in [0.717, 1.165) is 0 Å². The van der Waals surface area contributed by atoms with E-state index in [1.54, 1.807) is 13.8 Å². The molecule has 0 aromatic rings. The number of aliphatic carboxylic acids is 1. The van der Waals surface area contributed by atoms with Crippen LogP contribution in [0.3, 0.4) is 0 Å². The molecular weight excluding hydrogens is 172 g/mol. The van der Waals surface area contributed by atoms with Gasteiger partial charge in [-0.3, -0.25) is 4.79 Å². The number of carboxylic acid groups (broad SMARTS) is 1. The molecule has 11 heavy (non-hydrogen) atoms. The van der Waals surface area contributed by atoms with Gasteiger partial charge in [0.1, 0.15) is 0 Å². The molecule has 0 bridgehead atoms. The van der Waals surface area contributed by atoms with Crippen molar-refractivity contribution in [1.82, 2.24) is 0 Å². The van der Waals surface area contributed by atoms with Gasteiger partial charge >= 0.3 is 11.4 Å². The van der Waals surface area contributed by atoms with Crippen LogP contribution in [0.25, 0.3) is 0 Å². The van der Waals surface area contributed by atoms with Crippen LogP contribution in [0.1, 0.15) is 20.3 Å². The van der Waals surface area contributed by atoms with Gasteiger partial charge in [-0.15, -0.1) is 0 Å². The van der Waals surface area contributed by atoms with Gasteiger partial charge in [-0.1, -0.05) is 6.92 Å². The molecule has 0 aliphatic rings. The van der Waals surface area contributed by atoms with Crippen molar-refractivity contribution in [2.75, 3.05) is 6.61 Å². The third-order valence-corrected chi connectivity index (χ3v) is 0.669. The lowest BCUT2D eigenvalue weighted by Gasteiger charge is -1.86. The molecule has 0 aliphatic carbocycles. The van der Waals surface area contributed by atoms with Gasteiger partial charge in [-0.25, -0.2) is 4.79 Å². The van der Waals surface area contributed by atoms with Crippen molar-refractivity contribution in [3.8, 4) is 0 Å². The highest BCUT2D eigenvalue weighted by molar-refractivity contribution is 6.61. The van der Waals surface area contributed by atoms with Gasteiger partial charge in [-0.05, 0) is 6.92 Å². The van der Waals surface area contributed by atoms with E-state index in [-0.39, 0.29) is 6.42 Å². The summed E-state index contributed by atoms with van der Waals surface area (Å²) < 4.78 is 4.17. The zero-order valence-corrected chi connectivity index (χ0v) is 7.22. The largest absolute Gasteiger partial charge is 0.481 e. The molecule has 0 aromatic heterocycles. The second-order valence-electron chi connectivity index (χ2n) is 1.42. The minimum atomic E-state index is -0.745. The molecule has 0 rings (SSSR count). The summed E-state index contributed by atoms with van der Waals surface area (Å²) in [6.07, 6.45) is 0.222. The first kappa shape index (κ1) is 12.9. The van der Waals surface area contributed by atoms with E-state index in [0.29, 0.717) is 6.61 Å². The number of halogens is 1. The molecule has 4 nitrogen and oxygen atoms in total. The number of carbonyl (C=O) groups is 2. The van der Waals surface area contributed by atoms with Crippen LogP contribution in [0.5, 0.6) is 0 Å². The highest BCUT2D eigenvalue weighted by atomic mass is 35.5. The topological polar surface area (TPSA) is 63.6 Å². The van der Waals surface area contributed by atoms with Crippen LogP contribution in [0.4, 0.5) is 4.79 Å². The predicted octanol–water partition coefficient (Wildman–Crippen LogP) is 1.86. The Bertz CT molecular complexity index is 124. The van der Waals surface area contributed by atoms with Crippen molar-refractivity contribution in [1.29, 1.82) is 0 Å². The molecule has 0 unspecified atom stereocenters. The minimum absolute atomic E-state index is 0.222. The second kappa shape index (κ2) is 9.23. The highest BCUT2D eigenvalue weighted by Gasteiger charge is 1.86. The number of ether oxygens (including phenoxy) is 1. The fourth-order valence-electron chi connectivity index (χ4n) is 0.113. The van der Waals surface area contributed by atoms with Crippen LogP contribution in [0.2, 0.25) is 0 Å². The predicted molar refractivity (Wildman–Crippen MR) is 40.8 cm³/mol. The van der Waals surface area contributed by atoms with E-state index in [4.69, 9.17) is 16.7 Å². The summed E-state index contributed by atoms with van der Waals surface area (Å²) in [5.74, 6) is -0.745. The number of rotatable bonds is 2. The average Bonchev–Trinajstić information content (AvgIpc) is 1.89. The molecule has 0 radical (unpaired) electrons. The summed E-state index contributed by atoms with van der Waals surface area (Å²) in [5, 5.41) is 7.72. The van der Waals surface area contributed by atoms with Crippen molar-refractivity contribution in [3.05, 3.63) is 0 Å². The van der Waals surface area contributed by atoms with Gasteiger partial charge in [0, 0.05) is 18.0 Å². The Hall–Kier alpha value is -0.770. The molecule has 0 spiro atoms. The normalized spacial score (nSPS) is 7.55. The lowest BCUT2D eigenvalue weighted by Crippen LogP contribution is -1.89. The van der Waals surface area contributed by atoms with Gasteiger partial charge in [-0.2, -0.15) is 0 Å². The lowest BCUT2D eigenvalue weighted by atomic mass is 10.5. The Balaban J connectivity index is 0. The van der Waals surface area contributed by atoms with Crippen LogP contribution < -0.4 is 0 Å².